The molecular weight excluding hydrogens is 250 g/mol. The van der Waals surface area contributed by atoms with E-state index in [1.165, 1.54) is 5.56 Å². The number of methoxy groups -OCH3 is 1. The fourth-order valence-electron chi connectivity index (χ4n) is 1.14. The second kappa shape index (κ2) is 5.10. The highest BCUT2D eigenvalue weighted by molar-refractivity contribution is 9.10. The van der Waals surface area contributed by atoms with E-state index < -0.39 is 0 Å². The summed E-state index contributed by atoms with van der Waals surface area (Å²) in [7, 11) is 1.71. The van der Waals surface area contributed by atoms with Crippen LogP contribution in [0.4, 0.5) is 0 Å². The fraction of sp³-hybridized carbons (Fsp3) is 0.556. The lowest BCUT2D eigenvalue weighted by molar-refractivity contribution is 0.104. The topological polar surface area (TPSA) is 35.2 Å². The van der Waals surface area contributed by atoms with Gasteiger partial charge in [0.1, 0.15) is 0 Å². The van der Waals surface area contributed by atoms with Crippen molar-refractivity contribution in [2.45, 2.75) is 25.5 Å². The quantitative estimate of drug-likeness (QED) is 0.907. The molecule has 2 atom stereocenters. The maximum absolute atomic E-state index is 6.01. The normalized spacial score (nSPS) is 15.7. The van der Waals surface area contributed by atoms with Gasteiger partial charge in [-0.05, 0) is 40.2 Å². The number of thiophene rings is 1. The first-order chi connectivity index (χ1) is 6.15. The number of hydrogen-bond donors (Lipinski definition) is 1. The zero-order valence-corrected chi connectivity index (χ0v) is 10.2. The van der Waals surface area contributed by atoms with Crippen molar-refractivity contribution in [3.05, 3.63) is 20.8 Å². The standard InChI is InChI=1S/C9H14BrNOS/c1-6(12-2)3-9(11)7-4-13-5-8(7)10/h4-6,9H,3,11H2,1-2H3. The van der Waals surface area contributed by atoms with E-state index in [0.29, 0.717) is 0 Å². The third-order valence-corrected chi connectivity index (χ3v) is 3.78. The monoisotopic (exact) mass is 263 g/mol. The first-order valence-electron chi connectivity index (χ1n) is 4.15. The molecule has 0 aliphatic carbocycles. The molecule has 0 aliphatic rings. The van der Waals surface area contributed by atoms with Crippen LogP contribution in [0.1, 0.15) is 24.9 Å². The van der Waals surface area contributed by atoms with Crippen LogP contribution >= 0.6 is 27.3 Å². The molecular formula is C9H14BrNOS. The molecule has 1 aromatic rings. The molecule has 1 rings (SSSR count). The van der Waals surface area contributed by atoms with Gasteiger partial charge in [0.15, 0.2) is 0 Å². The maximum atomic E-state index is 6.01. The Morgan fingerprint density at radius 1 is 1.62 bits per heavy atom. The van der Waals surface area contributed by atoms with Crippen LogP contribution in [0.25, 0.3) is 0 Å². The first-order valence-corrected chi connectivity index (χ1v) is 5.88. The van der Waals surface area contributed by atoms with Gasteiger partial charge in [-0.3, -0.25) is 0 Å². The Morgan fingerprint density at radius 3 is 2.77 bits per heavy atom. The highest BCUT2D eigenvalue weighted by Gasteiger charge is 2.13. The van der Waals surface area contributed by atoms with E-state index in [9.17, 15) is 0 Å². The summed E-state index contributed by atoms with van der Waals surface area (Å²) in [5.74, 6) is 0. The summed E-state index contributed by atoms with van der Waals surface area (Å²) in [4.78, 5) is 0. The fourth-order valence-corrected chi connectivity index (χ4v) is 2.79. The van der Waals surface area contributed by atoms with Crippen molar-refractivity contribution in [2.24, 2.45) is 5.73 Å². The molecule has 2 nitrogen and oxygen atoms in total. The van der Waals surface area contributed by atoms with Gasteiger partial charge in [0.05, 0.1) is 6.10 Å². The van der Waals surface area contributed by atoms with E-state index >= 15 is 0 Å². The van der Waals surface area contributed by atoms with Crippen LogP contribution in [0.5, 0.6) is 0 Å². The summed E-state index contributed by atoms with van der Waals surface area (Å²) < 4.78 is 6.27. The summed E-state index contributed by atoms with van der Waals surface area (Å²) in [5, 5.41) is 4.13. The Morgan fingerprint density at radius 2 is 2.31 bits per heavy atom. The molecule has 0 aliphatic heterocycles. The van der Waals surface area contributed by atoms with Gasteiger partial charge in [-0.15, -0.1) is 0 Å². The maximum Gasteiger partial charge on any atom is 0.0561 e. The summed E-state index contributed by atoms with van der Waals surface area (Å²) in [5.41, 5.74) is 7.19. The van der Waals surface area contributed by atoms with Gasteiger partial charge in [0.25, 0.3) is 0 Å². The van der Waals surface area contributed by atoms with Crippen LogP contribution in [-0.2, 0) is 4.74 Å². The smallest absolute Gasteiger partial charge is 0.0561 e. The van der Waals surface area contributed by atoms with Gasteiger partial charge in [-0.1, -0.05) is 0 Å². The van der Waals surface area contributed by atoms with E-state index in [-0.39, 0.29) is 12.1 Å². The summed E-state index contributed by atoms with van der Waals surface area (Å²) in [6.45, 7) is 2.03. The Labute approximate surface area is 91.2 Å². The lowest BCUT2D eigenvalue weighted by Gasteiger charge is -2.15. The van der Waals surface area contributed by atoms with Crippen molar-refractivity contribution < 1.29 is 4.74 Å². The van der Waals surface area contributed by atoms with Crippen LogP contribution in [0, 0.1) is 0 Å². The molecule has 0 bridgehead atoms. The molecule has 2 unspecified atom stereocenters. The Bertz CT molecular complexity index is 264. The van der Waals surface area contributed by atoms with Gasteiger partial charge in [-0.25, -0.2) is 0 Å². The number of ether oxygens (including phenoxy) is 1. The lowest BCUT2D eigenvalue weighted by atomic mass is 10.1. The predicted octanol–water partition coefficient (Wildman–Crippen LogP) is 2.94. The van der Waals surface area contributed by atoms with E-state index in [1.54, 1.807) is 18.4 Å². The third kappa shape index (κ3) is 3.06. The van der Waals surface area contributed by atoms with Crippen LogP contribution in [0.2, 0.25) is 0 Å². The summed E-state index contributed by atoms with van der Waals surface area (Å²) in [6, 6.07) is 0.0653. The molecule has 0 aromatic carbocycles. The van der Waals surface area contributed by atoms with E-state index in [2.05, 4.69) is 21.3 Å². The van der Waals surface area contributed by atoms with Gasteiger partial charge in [-0.2, -0.15) is 11.3 Å². The molecule has 0 spiro atoms. The highest BCUT2D eigenvalue weighted by Crippen LogP contribution is 2.28. The predicted molar refractivity (Wildman–Crippen MR) is 60.0 cm³/mol. The van der Waals surface area contributed by atoms with Gasteiger partial charge < -0.3 is 10.5 Å². The molecule has 0 saturated carbocycles. The summed E-state index contributed by atoms with van der Waals surface area (Å²) in [6.07, 6.45) is 1.06. The molecule has 0 saturated heterocycles. The number of halogens is 1. The lowest BCUT2D eigenvalue weighted by Crippen LogP contribution is -2.17. The molecule has 2 N–H and O–H groups in total. The second-order valence-corrected chi connectivity index (χ2v) is 4.66. The minimum Gasteiger partial charge on any atom is -0.382 e. The van der Waals surface area contributed by atoms with Gasteiger partial charge in [0.2, 0.25) is 0 Å². The average Bonchev–Trinajstić information content (AvgIpc) is 2.51. The third-order valence-electron chi connectivity index (χ3n) is 2.03. The minimum atomic E-state index is 0.0653. The van der Waals surface area contributed by atoms with E-state index in [4.69, 9.17) is 10.5 Å². The SMILES string of the molecule is COC(C)CC(N)c1cscc1Br. The molecule has 1 aromatic heterocycles. The van der Waals surface area contributed by atoms with E-state index in [1.807, 2.05) is 12.3 Å². The van der Waals surface area contributed by atoms with Crippen molar-refractivity contribution in [2.75, 3.05) is 7.11 Å². The molecule has 1 heterocycles. The van der Waals surface area contributed by atoms with Crippen molar-refractivity contribution >= 4 is 27.3 Å². The Balaban J connectivity index is 2.58. The largest absolute Gasteiger partial charge is 0.382 e. The first kappa shape index (κ1) is 11.2. The van der Waals surface area contributed by atoms with E-state index in [0.717, 1.165) is 10.9 Å². The number of nitrogens with two attached hydrogens (primary N) is 1. The van der Waals surface area contributed by atoms with Gasteiger partial charge in [0, 0.05) is 23.0 Å². The molecule has 0 radical (unpaired) electrons. The molecule has 4 heteroatoms. The van der Waals surface area contributed by atoms with Crippen molar-refractivity contribution in [3.63, 3.8) is 0 Å². The second-order valence-electron chi connectivity index (χ2n) is 3.06. The molecule has 0 fully saturated rings. The average molecular weight is 264 g/mol. The molecule has 74 valence electrons. The zero-order chi connectivity index (χ0) is 9.84. The number of rotatable bonds is 4. The molecule has 13 heavy (non-hydrogen) atoms. The van der Waals surface area contributed by atoms with Gasteiger partial charge >= 0.3 is 0 Å². The van der Waals surface area contributed by atoms with Crippen molar-refractivity contribution in [1.82, 2.24) is 0 Å². The Hall–Kier alpha value is 0.100. The van der Waals surface area contributed by atoms with Crippen LogP contribution in [-0.4, -0.2) is 13.2 Å². The van der Waals surface area contributed by atoms with Crippen LogP contribution < -0.4 is 5.73 Å². The van der Waals surface area contributed by atoms with Crippen LogP contribution in [0.15, 0.2) is 15.2 Å². The Kier molecular flexibility index (Phi) is 4.38. The summed E-state index contributed by atoms with van der Waals surface area (Å²) >= 11 is 5.13. The highest BCUT2D eigenvalue weighted by atomic mass is 79.9. The number of hydrogen-bond acceptors (Lipinski definition) is 3. The zero-order valence-electron chi connectivity index (χ0n) is 7.79. The molecule has 0 amide bonds. The minimum absolute atomic E-state index is 0.0653. The van der Waals surface area contributed by atoms with Crippen LogP contribution in [0.3, 0.4) is 0 Å². The van der Waals surface area contributed by atoms with Crippen molar-refractivity contribution in [1.29, 1.82) is 0 Å². The van der Waals surface area contributed by atoms with Crippen molar-refractivity contribution in [3.8, 4) is 0 Å².